The number of ether oxygens (including phenoxy) is 1. The van der Waals surface area contributed by atoms with Crippen LogP contribution in [0.5, 0.6) is 5.75 Å². The van der Waals surface area contributed by atoms with Gasteiger partial charge in [-0.05, 0) is 56.2 Å². The molecule has 1 heterocycles. The standard InChI is InChI=1S/C18H19ClN2O3S2/c1-3-5-18-20-14-8-7-13(11-16(14)25-18)21-26(22,23)17-10-12(19)6-9-15(17)24-4-2/h6-11,21H,3-5H2,1-2H3. The number of sulfonamides is 1. The number of aryl methyl sites for hydroxylation is 1. The molecule has 3 aromatic rings. The van der Waals surface area contributed by atoms with Crippen molar-refractivity contribution in [3.8, 4) is 5.75 Å². The summed E-state index contributed by atoms with van der Waals surface area (Å²) in [5.41, 5.74) is 1.35. The van der Waals surface area contributed by atoms with Gasteiger partial charge >= 0.3 is 0 Å². The van der Waals surface area contributed by atoms with Crippen molar-refractivity contribution in [3.63, 3.8) is 0 Å². The molecule has 5 nitrogen and oxygen atoms in total. The van der Waals surface area contributed by atoms with Crippen molar-refractivity contribution < 1.29 is 13.2 Å². The second-order valence-corrected chi connectivity index (χ2v) is 8.87. The van der Waals surface area contributed by atoms with Gasteiger partial charge in [0.2, 0.25) is 0 Å². The van der Waals surface area contributed by atoms with Crippen LogP contribution in [0.3, 0.4) is 0 Å². The molecular weight excluding hydrogens is 392 g/mol. The van der Waals surface area contributed by atoms with E-state index in [-0.39, 0.29) is 10.6 Å². The minimum absolute atomic E-state index is 0.0166. The van der Waals surface area contributed by atoms with Gasteiger partial charge in [0.15, 0.2) is 0 Å². The van der Waals surface area contributed by atoms with Crippen LogP contribution in [0.25, 0.3) is 10.2 Å². The van der Waals surface area contributed by atoms with Crippen LogP contribution in [0.4, 0.5) is 5.69 Å². The Morgan fingerprint density at radius 3 is 2.73 bits per heavy atom. The number of aromatic nitrogens is 1. The molecule has 0 fully saturated rings. The molecule has 0 aliphatic carbocycles. The molecule has 138 valence electrons. The lowest BCUT2D eigenvalue weighted by Crippen LogP contribution is -2.14. The third kappa shape index (κ3) is 4.11. The maximum absolute atomic E-state index is 12.8. The van der Waals surface area contributed by atoms with E-state index in [1.807, 2.05) is 6.07 Å². The maximum Gasteiger partial charge on any atom is 0.265 e. The van der Waals surface area contributed by atoms with Gasteiger partial charge in [-0.2, -0.15) is 0 Å². The SMILES string of the molecule is CCCc1nc2ccc(NS(=O)(=O)c3cc(Cl)ccc3OCC)cc2s1. The Morgan fingerprint density at radius 2 is 2.00 bits per heavy atom. The molecule has 0 aliphatic heterocycles. The van der Waals surface area contributed by atoms with Gasteiger partial charge in [0.1, 0.15) is 10.6 Å². The van der Waals surface area contributed by atoms with E-state index in [2.05, 4.69) is 16.6 Å². The molecule has 0 spiro atoms. The summed E-state index contributed by atoms with van der Waals surface area (Å²) in [6.45, 7) is 4.26. The molecule has 1 N–H and O–H groups in total. The zero-order valence-electron chi connectivity index (χ0n) is 14.5. The van der Waals surface area contributed by atoms with E-state index in [9.17, 15) is 8.42 Å². The zero-order valence-corrected chi connectivity index (χ0v) is 16.8. The molecule has 2 aromatic carbocycles. The normalized spacial score (nSPS) is 11.7. The highest BCUT2D eigenvalue weighted by Gasteiger charge is 2.21. The lowest BCUT2D eigenvalue weighted by atomic mass is 10.3. The Labute approximate surface area is 162 Å². The largest absolute Gasteiger partial charge is 0.492 e. The summed E-state index contributed by atoms with van der Waals surface area (Å²) < 4.78 is 34.6. The van der Waals surface area contributed by atoms with Gasteiger partial charge in [-0.15, -0.1) is 11.3 Å². The molecule has 0 atom stereocenters. The Bertz CT molecular complexity index is 1030. The summed E-state index contributed by atoms with van der Waals surface area (Å²) in [6.07, 6.45) is 1.94. The molecule has 3 rings (SSSR count). The van der Waals surface area contributed by atoms with E-state index in [4.69, 9.17) is 16.3 Å². The van der Waals surface area contributed by atoms with Crippen LogP contribution in [0, 0.1) is 0 Å². The average Bonchev–Trinajstić information content (AvgIpc) is 2.98. The van der Waals surface area contributed by atoms with Crippen molar-refractivity contribution in [2.75, 3.05) is 11.3 Å². The molecular formula is C18H19ClN2O3S2. The number of thiazole rings is 1. The summed E-state index contributed by atoms with van der Waals surface area (Å²) in [7, 11) is -3.84. The smallest absolute Gasteiger partial charge is 0.265 e. The van der Waals surface area contributed by atoms with E-state index >= 15 is 0 Å². The number of hydrogen-bond donors (Lipinski definition) is 1. The number of rotatable bonds is 7. The van der Waals surface area contributed by atoms with E-state index in [0.717, 1.165) is 28.1 Å². The minimum atomic E-state index is -3.84. The summed E-state index contributed by atoms with van der Waals surface area (Å²) in [4.78, 5) is 4.57. The first-order valence-electron chi connectivity index (χ1n) is 8.27. The molecule has 26 heavy (non-hydrogen) atoms. The summed E-state index contributed by atoms with van der Waals surface area (Å²) >= 11 is 7.56. The van der Waals surface area contributed by atoms with E-state index in [1.165, 1.54) is 6.07 Å². The molecule has 0 unspecified atom stereocenters. The van der Waals surface area contributed by atoms with Crippen LogP contribution in [0.1, 0.15) is 25.3 Å². The third-order valence-corrected chi connectivity index (χ3v) is 6.36. The Kier molecular flexibility index (Phi) is 5.70. The van der Waals surface area contributed by atoms with Crippen LogP contribution in [-0.4, -0.2) is 20.0 Å². The van der Waals surface area contributed by atoms with Crippen molar-refractivity contribution in [1.82, 2.24) is 4.98 Å². The fourth-order valence-corrected chi connectivity index (χ4v) is 5.10. The first-order chi connectivity index (χ1) is 12.4. The predicted molar refractivity (Wildman–Crippen MR) is 107 cm³/mol. The highest BCUT2D eigenvalue weighted by Crippen LogP contribution is 2.31. The molecule has 0 amide bonds. The Balaban J connectivity index is 1.94. The lowest BCUT2D eigenvalue weighted by molar-refractivity contribution is 0.331. The van der Waals surface area contributed by atoms with Gasteiger partial charge in [-0.3, -0.25) is 4.72 Å². The number of anilines is 1. The van der Waals surface area contributed by atoms with Gasteiger partial charge in [-0.25, -0.2) is 13.4 Å². The van der Waals surface area contributed by atoms with Gasteiger partial charge in [0.05, 0.1) is 27.5 Å². The number of hydrogen-bond acceptors (Lipinski definition) is 5. The number of fused-ring (bicyclic) bond motifs is 1. The fourth-order valence-electron chi connectivity index (χ4n) is 2.53. The van der Waals surface area contributed by atoms with E-state index in [0.29, 0.717) is 17.3 Å². The van der Waals surface area contributed by atoms with Gasteiger partial charge in [-0.1, -0.05) is 18.5 Å². The zero-order chi connectivity index (χ0) is 18.7. The van der Waals surface area contributed by atoms with Crippen LogP contribution >= 0.6 is 22.9 Å². The number of nitrogens with one attached hydrogen (secondary N) is 1. The van der Waals surface area contributed by atoms with Crippen LogP contribution < -0.4 is 9.46 Å². The molecule has 1 aromatic heterocycles. The molecule has 0 aliphatic rings. The summed E-state index contributed by atoms with van der Waals surface area (Å²) in [5.74, 6) is 0.272. The molecule has 0 saturated carbocycles. The average molecular weight is 411 g/mol. The van der Waals surface area contributed by atoms with Crippen LogP contribution in [-0.2, 0) is 16.4 Å². The first-order valence-corrected chi connectivity index (χ1v) is 11.0. The van der Waals surface area contributed by atoms with Crippen LogP contribution in [0.15, 0.2) is 41.3 Å². The summed E-state index contributed by atoms with van der Waals surface area (Å²) in [6, 6.07) is 9.88. The number of nitrogens with zero attached hydrogens (tertiary/aromatic N) is 1. The van der Waals surface area contributed by atoms with Crippen molar-refractivity contribution in [1.29, 1.82) is 0 Å². The van der Waals surface area contributed by atoms with Crippen molar-refractivity contribution in [3.05, 3.63) is 46.4 Å². The molecule has 8 heteroatoms. The third-order valence-electron chi connectivity index (χ3n) is 3.64. The van der Waals surface area contributed by atoms with E-state index < -0.39 is 10.0 Å². The second-order valence-electron chi connectivity index (χ2n) is 5.67. The quantitative estimate of drug-likeness (QED) is 0.588. The van der Waals surface area contributed by atoms with E-state index in [1.54, 1.807) is 42.5 Å². The number of benzene rings is 2. The first kappa shape index (κ1) is 18.9. The highest BCUT2D eigenvalue weighted by atomic mass is 35.5. The minimum Gasteiger partial charge on any atom is -0.492 e. The molecule has 0 bridgehead atoms. The topological polar surface area (TPSA) is 68.3 Å². The Morgan fingerprint density at radius 1 is 1.19 bits per heavy atom. The van der Waals surface area contributed by atoms with Crippen LogP contribution in [0.2, 0.25) is 5.02 Å². The summed E-state index contributed by atoms with van der Waals surface area (Å²) in [5, 5.41) is 1.38. The van der Waals surface area contributed by atoms with Gasteiger partial charge in [0, 0.05) is 5.02 Å². The van der Waals surface area contributed by atoms with Crippen molar-refractivity contribution >= 4 is 48.9 Å². The molecule has 0 radical (unpaired) electrons. The predicted octanol–water partition coefficient (Wildman–Crippen LogP) is 5.10. The van der Waals surface area contributed by atoms with Crippen molar-refractivity contribution in [2.45, 2.75) is 31.6 Å². The van der Waals surface area contributed by atoms with Gasteiger partial charge in [0.25, 0.3) is 10.0 Å². The Hall–Kier alpha value is -1.83. The second kappa shape index (κ2) is 7.82. The lowest BCUT2D eigenvalue weighted by Gasteiger charge is -2.13. The molecule has 0 saturated heterocycles. The highest BCUT2D eigenvalue weighted by molar-refractivity contribution is 7.92. The fraction of sp³-hybridized carbons (Fsp3) is 0.278. The van der Waals surface area contributed by atoms with Crippen molar-refractivity contribution in [2.24, 2.45) is 0 Å². The maximum atomic E-state index is 12.8. The number of halogens is 1. The monoisotopic (exact) mass is 410 g/mol. The van der Waals surface area contributed by atoms with Gasteiger partial charge < -0.3 is 4.74 Å².